The second kappa shape index (κ2) is 13.8. The molecule has 0 bridgehead atoms. The van der Waals surface area contributed by atoms with E-state index in [4.69, 9.17) is 4.42 Å². The van der Waals surface area contributed by atoms with Gasteiger partial charge in [0.15, 0.2) is 5.76 Å². The van der Waals surface area contributed by atoms with Crippen LogP contribution in [0, 0.1) is 0 Å². The maximum Gasteiger partial charge on any atom is 0.319 e. The molecule has 2 aliphatic carbocycles. The Morgan fingerprint density at radius 2 is 1.11 bits per heavy atom. The summed E-state index contributed by atoms with van der Waals surface area (Å²) in [5.74, 6) is 1.81. The Bertz CT molecular complexity index is 2810. The molecule has 0 radical (unpaired) electrons. The monoisotopic (exact) mass is 745 g/mol. The van der Waals surface area contributed by atoms with E-state index in [-0.39, 0.29) is 18.1 Å². The van der Waals surface area contributed by atoms with Crippen LogP contribution >= 0.6 is 0 Å². The van der Waals surface area contributed by atoms with E-state index in [0.29, 0.717) is 28.6 Å². The third-order valence-electron chi connectivity index (χ3n) is 10.7. The van der Waals surface area contributed by atoms with Crippen LogP contribution in [0.15, 0.2) is 163 Å². The van der Waals surface area contributed by atoms with Crippen LogP contribution in [0.4, 0.5) is 21.0 Å². The molecule has 0 saturated heterocycles. The van der Waals surface area contributed by atoms with E-state index < -0.39 is 6.04 Å². The molecule has 57 heavy (non-hydrogen) atoms. The lowest BCUT2D eigenvalue weighted by Crippen LogP contribution is -2.32. The topological polar surface area (TPSA) is 126 Å². The van der Waals surface area contributed by atoms with Crippen LogP contribution < -0.4 is 21.3 Å². The summed E-state index contributed by atoms with van der Waals surface area (Å²) in [5, 5.41) is 12.4. The van der Waals surface area contributed by atoms with Gasteiger partial charge in [-0.05, 0) is 74.8 Å². The average molecular weight is 746 g/mol. The number of imidazole rings is 1. The van der Waals surface area contributed by atoms with Crippen LogP contribution in [0.25, 0.3) is 56.4 Å². The summed E-state index contributed by atoms with van der Waals surface area (Å²) in [5.41, 5.74) is 12.0. The van der Waals surface area contributed by atoms with Crippen LogP contribution in [0.5, 0.6) is 0 Å². The zero-order chi connectivity index (χ0) is 38.5. The van der Waals surface area contributed by atoms with Gasteiger partial charge in [0.05, 0.1) is 18.3 Å². The Kier molecular flexibility index (Phi) is 8.22. The highest BCUT2D eigenvalue weighted by molar-refractivity contribution is 5.95. The zero-order valence-corrected chi connectivity index (χ0v) is 30.7. The van der Waals surface area contributed by atoms with E-state index in [1.165, 1.54) is 0 Å². The van der Waals surface area contributed by atoms with Crippen molar-refractivity contribution in [2.75, 3.05) is 10.6 Å². The smallest absolute Gasteiger partial charge is 0.319 e. The van der Waals surface area contributed by atoms with Gasteiger partial charge < -0.3 is 30.3 Å². The number of carbonyl (C=O) groups excluding carboxylic acids is 2. The predicted octanol–water partition coefficient (Wildman–Crippen LogP) is 10.2. The lowest BCUT2D eigenvalue weighted by atomic mass is 9.98. The van der Waals surface area contributed by atoms with Crippen molar-refractivity contribution >= 4 is 23.4 Å². The molecule has 1 atom stereocenters. The fraction of sp³-hybridized carbons (Fsp3) is 0.0638. The van der Waals surface area contributed by atoms with Crippen molar-refractivity contribution in [1.29, 1.82) is 0 Å². The number of benzene rings is 6. The molecule has 10 rings (SSSR count). The summed E-state index contributed by atoms with van der Waals surface area (Å²) in [6.45, 7) is 0. The lowest BCUT2D eigenvalue weighted by molar-refractivity contribution is 0.249. The van der Waals surface area contributed by atoms with Gasteiger partial charge in [-0.3, -0.25) is 0 Å². The summed E-state index contributed by atoms with van der Waals surface area (Å²) >= 11 is 0. The van der Waals surface area contributed by atoms with E-state index in [1.54, 1.807) is 12.4 Å². The van der Waals surface area contributed by atoms with Gasteiger partial charge >= 0.3 is 12.1 Å². The van der Waals surface area contributed by atoms with Gasteiger partial charge in [0.25, 0.3) is 0 Å². The van der Waals surface area contributed by atoms with E-state index in [0.717, 1.165) is 61.5 Å². The Hall–Kier alpha value is -7.72. The van der Waals surface area contributed by atoms with Crippen LogP contribution in [-0.2, 0) is 7.05 Å². The molecule has 1 unspecified atom stereocenters. The van der Waals surface area contributed by atoms with Gasteiger partial charge in [-0.25, -0.2) is 19.6 Å². The molecule has 2 heterocycles. The molecule has 276 valence electrons. The molecule has 0 fully saturated rings. The second-order valence-corrected chi connectivity index (χ2v) is 14.1. The fourth-order valence-electron chi connectivity index (χ4n) is 8.17. The minimum atomic E-state index is -0.392. The van der Waals surface area contributed by atoms with Crippen molar-refractivity contribution in [1.82, 2.24) is 25.2 Å². The molecule has 10 heteroatoms. The van der Waals surface area contributed by atoms with Crippen molar-refractivity contribution in [3.8, 4) is 56.4 Å². The maximum atomic E-state index is 13.5. The van der Waals surface area contributed by atoms with Gasteiger partial charge in [-0.15, -0.1) is 0 Å². The number of nitrogens with one attached hydrogen (secondary N) is 4. The van der Waals surface area contributed by atoms with Crippen molar-refractivity contribution < 1.29 is 14.0 Å². The molecule has 10 nitrogen and oxygen atoms in total. The number of hydrogen-bond acceptors (Lipinski definition) is 5. The standard InChI is InChI=1S/C47H35N7O3/c1-54-24-23-48-44(54)28-11-8-13-30(25-28)50-47(56)53-43-37-20-7-4-17-34(37)41-38(21-10-22-39(41)43)40-27-49-45(57-40)29-12-9-14-31(26-29)51-46(55)52-42-35-18-5-2-15-32(35)33-16-3-6-19-36(33)42/h2-27,42-43H,1H3,(H2,50,53,56)(H2,51,52,55). The summed E-state index contributed by atoms with van der Waals surface area (Å²) in [7, 11) is 1.94. The largest absolute Gasteiger partial charge is 0.436 e. The number of carbonyl (C=O) groups is 2. The molecule has 6 aromatic carbocycles. The number of hydrogen-bond donors (Lipinski definition) is 4. The van der Waals surface area contributed by atoms with E-state index >= 15 is 0 Å². The first kappa shape index (κ1) is 33.8. The van der Waals surface area contributed by atoms with Crippen LogP contribution in [0.3, 0.4) is 0 Å². The molecular weight excluding hydrogens is 711 g/mol. The van der Waals surface area contributed by atoms with Gasteiger partial charge in [0.2, 0.25) is 5.89 Å². The Morgan fingerprint density at radius 3 is 1.75 bits per heavy atom. The van der Waals surface area contributed by atoms with E-state index in [1.807, 2.05) is 127 Å². The highest BCUT2D eigenvalue weighted by Crippen LogP contribution is 2.48. The molecular formula is C47H35N7O3. The van der Waals surface area contributed by atoms with Crippen molar-refractivity contribution in [2.45, 2.75) is 12.1 Å². The summed E-state index contributed by atoms with van der Waals surface area (Å²) in [6.07, 6.45) is 5.36. The molecule has 0 aliphatic heterocycles. The molecule has 0 spiro atoms. The van der Waals surface area contributed by atoms with Gasteiger partial charge in [0.1, 0.15) is 5.82 Å². The number of urea groups is 2. The molecule has 2 aromatic heterocycles. The Morgan fingerprint density at radius 1 is 0.579 bits per heavy atom. The Labute approximate surface area is 328 Å². The number of anilines is 2. The summed E-state index contributed by atoms with van der Waals surface area (Å²) in [4.78, 5) is 36.0. The normalized spacial score (nSPS) is 13.6. The number of rotatable bonds is 7. The lowest BCUT2D eigenvalue weighted by Gasteiger charge is -2.17. The first-order valence-corrected chi connectivity index (χ1v) is 18.7. The van der Waals surface area contributed by atoms with Crippen molar-refractivity contribution in [3.63, 3.8) is 0 Å². The summed E-state index contributed by atoms with van der Waals surface area (Å²) < 4.78 is 8.38. The average Bonchev–Trinajstić information content (AvgIpc) is 4.03. The molecule has 0 saturated carbocycles. The predicted molar refractivity (Wildman–Crippen MR) is 221 cm³/mol. The minimum Gasteiger partial charge on any atom is -0.436 e. The van der Waals surface area contributed by atoms with E-state index in [2.05, 4.69) is 61.6 Å². The molecule has 4 amide bonds. The van der Waals surface area contributed by atoms with Crippen LogP contribution in [0.1, 0.15) is 34.3 Å². The Balaban J connectivity index is 0.880. The molecule has 8 aromatic rings. The van der Waals surface area contributed by atoms with Crippen molar-refractivity contribution in [3.05, 3.63) is 180 Å². The highest BCUT2D eigenvalue weighted by atomic mass is 16.4. The first-order valence-electron chi connectivity index (χ1n) is 18.7. The highest BCUT2D eigenvalue weighted by Gasteiger charge is 2.33. The van der Waals surface area contributed by atoms with Crippen molar-refractivity contribution in [2.24, 2.45) is 7.05 Å². The maximum absolute atomic E-state index is 13.5. The number of aromatic nitrogens is 3. The van der Waals surface area contributed by atoms with Gasteiger partial charge in [-0.2, -0.15) is 0 Å². The van der Waals surface area contributed by atoms with E-state index in [9.17, 15) is 9.59 Å². The number of aryl methyl sites for hydroxylation is 1. The molecule has 4 N–H and O–H groups in total. The minimum absolute atomic E-state index is 0.258. The number of nitrogens with zero attached hydrogens (tertiary/aromatic N) is 3. The third kappa shape index (κ3) is 6.09. The number of fused-ring (bicyclic) bond motifs is 6. The number of oxazole rings is 1. The first-order chi connectivity index (χ1) is 28.0. The molecule has 2 aliphatic rings. The fourth-order valence-corrected chi connectivity index (χ4v) is 8.17. The third-order valence-corrected chi connectivity index (χ3v) is 10.7. The van der Waals surface area contributed by atoms with Gasteiger partial charge in [0, 0.05) is 47.5 Å². The summed E-state index contributed by atoms with van der Waals surface area (Å²) in [6, 6.07) is 44.2. The SMILES string of the molecule is Cn1ccnc1-c1cccc(NC(=O)NC2c3ccccc3-c3c(-c4cnc(-c5cccc(NC(=O)NC6c7ccccc7-c7ccccc76)c5)o4)cccc32)c1. The quantitative estimate of drug-likeness (QED) is 0.129. The van der Waals surface area contributed by atoms with Crippen LogP contribution in [0.2, 0.25) is 0 Å². The van der Waals surface area contributed by atoms with Crippen LogP contribution in [-0.4, -0.2) is 26.6 Å². The van der Waals surface area contributed by atoms with Gasteiger partial charge in [-0.1, -0.05) is 109 Å². The number of amides is 4. The second-order valence-electron chi connectivity index (χ2n) is 14.1. The zero-order valence-electron chi connectivity index (χ0n) is 30.7.